The van der Waals surface area contributed by atoms with Gasteiger partial charge >= 0.3 is 0 Å². The highest BCUT2D eigenvalue weighted by atomic mass is 32.1. The number of hydrogen-bond donors (Lipinski definition) is 0. The van der Waals surface area contributed by atoms with E-state index in [1.165, 1.54) is 11.3 Å². The van der Waals surface area contributed by atoms with Crippen LogP contribution in [0.3, 0.4) is 0 Å². The second-order valence-electron chi connectivity index (χ2n) is 2.68. The average Bonchev–Trinajstić information content (AvgIpc) is 2.80. The van der Waals surface area contributed by atoms with Gasteiger partial charge in [-0.1, -0.05) is 11.3 Å². The maximum Gasteiger partial charge on any atom is 0.294 e. The van der Waals surface area contributed by atoms with Gasteiger partial charge in [0.2, 0.25) is 0 Å². The van der Waals surface area contributed by atoms with Crippen LogP contribution in [-0.2, 0) is 6.61 Å². The van der Waals surface area contributed by atoms with Crippen molar-refractivity contribution in [1.82, 2.24) is 15.2 Å². The summed E-state index contributed by atoms with van der Waals surface area (Å²) in [6, 6.07) is 3.69. The second kappa shape index (κ2) is 4.70. The summed E-state index contributed by atoms with van der Waals surface area (Å²) in [5.74, 6) is 0.731. The van der Waals surface area contributed by atoms with Gasteiger partial charge in [-0.3, -0.25) is 4.98 Å². The van der Waals surface area contributed by atoms with E-state index >= 15 is 0 Å². The second-order valence-corrected chi connectivity index (χ2v) is 3.48. The molecule has 6 heteroatoms. The standard InChI is InChI=1S/C9H9N3O2S/c1-13-8-3-2-7(10-4-8)5-14-9-12-11-6-15-9/h2-4,6H,5H2,1H3. The third-order valence-electron chi connectivity index (χ3n) is 1.72. The molecule has 15 heavy (non-hydrogen) atoms. The molecular weight excluding hydrogens is 214 g/mol. The molecule has 0 fully saturated rings. The minimum absolute atomic E-state index is 0.388. The lowest BCUT2D eigenvalue weighted by atomic mass is 10.3. The van der Waals surface area contributed by atoms with Gasteiger partial charge in [0.05, 0.1) is 19.0 Å². The Morgan fingerprint density at radius 2 is 2.33 bits per heavy atom. The van der Waals surface area contributed by atoms with E-state index < -0.39 is 0 Å². The van der Waals surface area contributed by atoms with E-state index in [-0.39, 0.29) is 0 Å². The van der Waals surface area contributed by atoms with Gasteiger partial charge in [-0.15, -0.1) is 10.2 Å². The van der Waals surface area contributed by atoms with Gasteiger partial charge in [-0.25, -0.2) is 0 Å². The quantitative estimate of drug-likeness (QED) is 0.786. The van der Waals surface area contributed by atoms with Gasteiger partial charge in [0.25, 0.3) is 5.19 Å². The summed E-state index contributed by atoms with van der Waals surface area (Å²) in [5, 5.41) is 7.97. The van der Waals surface area contributed by atoms with E-state index in [0.717, 1.165) is 11.4 Å². The van der Waals surface area contributed by atoms with E-state index in [9.17, 15) is 0 Å². The maximum absolute atomic E-state index is 5.35. The van der Waals surface area contributed by atoms with Gasteiger partial charge < -0.3 is 9.47 Å². The fraction of sp³-hybridized carbons (Fsp3) is 0.222. The zero-order valence-corrected chi connectivity index (χ0v) is 8.90. The number of ether oxygens (including phenoxy) is 2. The Morgan fingerprint density at radius 3 is 2.93 bits per heavy atom. The molecule has 0 spiro atoms. The minimum Gasteiger partial charge on any atom is -0.495 e. The van der Waals surface area contributed by atoms with Gasteiger partial charge in [0.1, 0.15) is 17.9 Å². The number of hydrogen-bond acceptors (Lipinski definition) is 6. The molecule has 2 aromatic rings. The molecular formula is C9H9N3O2S. The molecule has 0 saturated heterocycles. The van der Waals surface area contributed by atoms with Crippen LogP contribution in [0, 0.1) is 0 Å². The largest absolute Gasteiger partial charge is 0.495 e. The number of nitrogens with zero attached hydrogens (tertiary/aromatic N) is 3. The Balaban J connectivity index is 1.93. The van der Waals surface area contributed by atoms with Crippen LogP contribution < -0.4 is 9.47 Å². The van der Waals surface area contributed by atoms with Crippen LogP contribution >= 0.6 is 11.3 Å². The predicted octanol–water partition coefficient (Wildman–Crippen LogP) is 1.52. The molecule has 5 nitrogen and oxygen atoms in total. The van der Waals surface area contributed by atoms with Crippen molar-refractivity contribution in [3.8, 4) is 10.9 Å². The molecule has 0 radical (unpaired) electrons. The van der Waals surface area contributed by atoms with Crippen molar-refractivity contribution in [3.63, 3.8) is 0 Å². The highest BCUT2D eigenvalue weighted by molar-refractivity contribution is 7.11. The smallest absolute Gasteiger partial charge is 0.294 e. The van der Waals surface area contributed by atoms with Gasteiger partial charge in [0, 0.05) is 0 Å². The summed E-state index contributed by atoms with van der Waals surface area (Å²) in [4.78, 5) is 4.16. The molecule has 0 amide bonds. The third-order valence-corrected chi connectivity index (χ3v) is 2.32. The average molecular weight is 223 g/mol. The molecule has 0 saturated carbocycles. The van der Waals surface area contributed by atoms with Gasteiger partial charge in [-0.2, -0.15) is 0 Å². The third kappa shape index (κ3) is 2.63. The fourth-order valence-electron chi connectivity index (χ4n) is 0.979. The van der Waals surface area contributed by atoms with E-state index in [2.05, 4.69) is 15.2 Å². The summed E-state index contributed by atoms with van der Waals surface area (Å²) < 4.78 is 10.3. The molecule has 2 heterocycles. The Kier molecular flexibility index (Phi) is 3.08. The Bertz CT molecular complexity index is 402. The van der Waals surface area contributed by atoms with Crippen molar-refractivity contribution in [2.45, 2.75) is 6.61 Å². The highest BCUT2D eigenvalue weighted by Crippen LogP contribution is 2.14. The lowest BCUT2D eigenvalue weighted by Gasteiger charge is -2.02. The maximum atomic E-state index is 5.35. The zero-order chi connectivity index (χ0) is 10.5. The van der Waals surface area contributed by atoms with Crippen molar-refractivity contribution in [2.24, 2.45) is 0 Å². The van der Waals surface area contributed by atoms with Crippen LogP contribution in [0.1, 0.15) is 5.69 Å². The van der Waals surface area contributed by atoms with Crippen LogP contribution in [0.2, 0.25) is 0 Å². The molecule has 0 unspecified atom stereocenters. The molecule has 0 aliphatic carbocycles. The number of rotatable bonds is 4. The lowest BCUT2D eigenvalue weighted by molar-refractivity contribution is 0.296. The Morgan fingerprint density at radius 1 is 1.40 bits per heavy atom. The molecule has 0 atom stereocenters. The van der Waals surface area contributed by atoms with Crippen LogP contribution in [0.4, 0.5) is 0 Å². The first-order valence-electron chi connectivity index (χ1n) is 4.26. The summed E-state index contributed by atoms with van der Waals surface area (Å²) in [7, 11) is 1.61. The first-order chi connectivity index (χ1) is 7.38. The van der Waals surface area contributed by atoms with Gasteiger partial charge in [-0.05, 0) is 12.1 Å². The first-order valence-corrected chi connectivity index (χ1v) is 5.14. The summed E-state index contributed by atoms with van der Waals surface area (Å²) >= 11 is 1.35. The summed E-state index contributed by atoms with van der Waals surface area (Å²) in [6.45, 7) is 0.388. The lowest BCUT2D eigenvalue weighted by Crippen LogP contribution is -1.98. The van der Waals surface area contributed by atoms with Crippen molar-refractivity contribution in [3.05, 3.63) is 29.5 Å². The molecule has 0 aliphatic heterocycles. The van der Waals surface area contributed by atoms with Crippen molar-refractivity contribution < 1.29 is 9.47 Å². The predicted molar refractivity (Wildman–Crippen MR) is 55.0 cm³/mol. The highest BCUT2D eigenvalue weighted by Gasteiger charge is 2.00. The van der Waals surface area contributed by atoms with Gasteiger partial charge in [0.15, 0.2) is 0 Å². The van der Waals surface area contributed by atoms with E-state index in [4.69, 9.17) is 9.47 Å². The minimum atomic E-state index is 0.388. The summed E-state index contributed by atoms with van der Waals surface area (Å²) in [6.07, 6.45) is 1.65. The number of aromatic nitrogens is 3. The van der Waals surface area contributed by atoms with Crippen molar-refractivity contribution in [1.29, 1.82) is 0 Å². The molecule has 0 aromatic carbocycles. The molecule has 2 rings (SSSR count). The van der Waals surface area contributed by atoms with Crippen LogP contribution in [0.15, 0.2) is 23.8 Å². The normalized spacial score (nSPS) is 9.93. The van der Waals surface area contributed by atoms with Crippen LogP contribution in [-0.4, -0.2) is 22.3 Å². The fourth-order valence-corrected chi connectivity index (χ4v) is 1.38. The van der Waals surface area contributed by atoms with Crippen molar-refractivity contribution in [2.75, 3.05) is 7.11 Å². The van der Waals surface area contributed by atoms with Crippen LogP contribution in [0.5, 0.6) is 10.9 Å². The van der Waals surface area contributed by atoms with E-state index in [1.807, 2.05) is 12.1 Å². The monoisotopic (exact) mass is 223 g/mol. The first kappa shape index (κ1) is 9.85. The van der Waals surface area contributed by atoms with Crippen LogP contribution in [0.25, 0.3) is 0 Å². The van der Waals surface area contributed by atoms with E-state index in [0.29, 0.717) is 11.8 Å². The Labute approximate surface area is 90.7 Å². The molecule has 78 valence electrons. The number of pyridine rings is 1. The SMILES string of the molecule is COc1ccc(COc2nncs2)nc1. The summed E-state index contributed by atoms with van der Waals surface area (Å²) in [5.41, 5.74) is 2.45. The molecule has 2 aromatic heterocycles. The zero-order valence-electron chi connectivity index (χ0n) is 8.08. The number of methoxy groups -OCH3 is 1. The molecule has 0 bridgehead atoms. The Hall–Kier alpha value is -1.69. The molecule has 0 N–H and O–H groups in total. The van der Waals surface area contributed by atoms with E-state index in [1.54, 1.807) is 18.8 Å². The molecule has 0 aliphatic rings. The topological polar surface area (TPSA) is 57.1 Å². The van der Waals surface area contributed by atoms with Crippen molar-refractivity contribution >= 4 is 11.3 Å².